The third kappa shape index (κ3) is 2.22. The first-order chi connectivity index (χ1) is 7.81. The van der Waals surface area contributed by atoms with Crippen molar-refractivity contribution in [3.8, 4) is 0 Å². The molecule has 0 saturated carbocycles. The predicted molar refractivity (Wildman–Crippen MR) is 55.0 cm³/mol. The lowest BCUT2D eigenvalue weighted by atomic mass is 10.5. The maximum absolute atomic E-state index is 11.5. The molecule has 0 aromatic carbocycles. The highest BCUT2D eigenvalue weighted by molar-refractivity contribution is 7.09. The van der Waals surface area contributed by atoms with E-state index in [1.54, 1.807) is 13.1 Å². The van der Waals surface area contributed by atoms with Gasteiger partial charge >= 0.3 is 5.97 Å². The third-order valence-corrected chi connectivity index (χ3v) is 2.52. The number of carbonyl (C=O) groups is 1. The fourth-order valence-electron chi connectivity index (χ4n) is 1.11. The lowest BCUT2D eigenvalue weighted by Crippen LogP contribution is -2.15. The van der Waals surface area contributed by atoms with Crippen LogP contribution >= 0.6 is 11.3 Å². The molecule has 0 saturated heterocycles. The summed E-state index contributed by atoms with van der Waals surface area (Å²) in [5.41, 5.74) is 0. The fourth-order valence-corrected chi connectivity index (χ4v) is 1.71. The van der Waals surface area contributed by atoms with Crippen LogP contribution in [0.1, 0.15) is 22.6 Å². The van der Waals surface area contributed by atoms with Gasteiger partial charge in [0.15, 0.2) is 0 Å². The molecular weight excluding hydrogens is 230 g/mol. The summed E-state index contributed by atoms with van der Waals surface area (Å²) in [7, 11) is 0. The summed E-state index contributed by atoms with van der Waals surface area (Å²) in [6.07, 6.45) is 1.69. The van der Waals surface area contributed by atoms with Crippen LogP contribution in [-0.2, 0) is 11.3 Å². The van der Waals surface area contributed by atoms with E-state index in [1.165, 1.54) is 16.0 Å². The molecule has 8 heteroatoms. The summed E-state index contributed by atoms with van der Waals surface area (Å²) in [6.45, 7) is 2.40. The topological polar surface area (TPSA) is 82.8 Å². The summed E-state index contributed by atoms with van der Waals surface area (Å²) in [5.74, 6) is -0.430. The Morgan fingerprint density at radius 3 is 3.19 bits per heavy atom. The number of hydrogen-bond acceptors (Lipinski definition) is 7. The molecule has 0 aliphatic heterocycles. The summed E-state index contributed by atoms with van der Waals surface area (Å²) < 4.78 is 6.20. The van der Waals surface area contributed by atoms with Gasteiger partial charge in [0.25, 0.3) is 5.82 Å². The lowest BCUT2D eigenvalue weighted by molar-refractivity contribution is 0.0505. The van der Waals surface area contributed by atoms with Gasteiger partial charge in [-0.3, -0.25) is 0 Å². The molecule has 0 amide bonds. The van der Waals surface area contributed by atoms with Gasteiger partial charge in [-0.15, -0.1) is 16.4 Å². The van der Waals surface area contributed by atoms with Crippen molar-refractivity contribution in [1.29, 1.82) is 0 Å². The van der Waals surface area contributed by atoms with E-state index in [9.17, 15) is 4.79 Å². The number of nitrogens with zero attached hydrogens (tertiary/aromatic N) is 5. The molecule has 7 nitrogen and oxygen atoms in total. The number of thiazole rings is 1. The van der Waals surface area contributed by atoms with E-state index < -0.39 is 5.97 Å². The van der Waals surface area contributed by atoms with Crippen LogP contribution in [0, 0.1) is 0 Å². The molecule has 0 N–H and O–H groups in total. The molecule has 84 valence electrons. The Balaban J connectivity index is 2.16. The van der Waals surface area contributed by atoms with Gasteiger partial charge in [-0.25, -0.2) is 14.5 Å². The molecule has 0 aliphatic carbocycles. The molecule has 2 aromatic rings. The van der Waals surface area contributed by atoms with Crippen molar-refractivity contribution in [3.05, 3.63) is 22.4 Å². The Kier molecular flexibility index (Phi) is 3.20. The zero-order valence-corrected chi connectivity index (χ0v) is 9.35. The Morgan fingerprint density at radius 2 is 2.50 bits per heavy atom. The molecule has 0 aliphatic rings. The molecule has 0 radical (unpaired) electrons. The van der Waals surface area contributed by atoms with Gasteiger partial charge in [-0.05, 0) is 17.4 Å². The van der Waals surface area contributed by atoms with Gasteiger partial charge in [0, 0.05) is 11.6 Å². The van der Waals surface area contributed by atoms with Gasteiger partial charge in [0.05, 0.1) is 13.2 Å². The highest BCUT2D eigenvalue weighted by Gasteiger charge is 2.17. The lowest BCUT2D eigenvalue weighted by Gasteiger charge is -2.01. The third-order valence-electron chi connectivity index (χ3n) is 1.76. The molecule has 0 fully saturated rings. The van der Waals surface area contributed by atoms with E-state index in [0.29, 0.717) is 13.2 Å². The number of rotatable bonds is 4. The van der Waals surface area contributed by atoms with E-state index in [2.05, 4.69) is 20.5 Å². The van der Waals surface area contributed by atoms with E-state index in [4.69, 9.17) is 4.74 Å². The summed E-state index contributed by atoms with van der Waals surface area (Å²) in [6, 6.07) is 0. The fraction of sp³-hybridized carbons (Fsp3) is 0.375. The van der Waals surface area contributed by atoms with E-state index >= 15 is 0 Å². The number of hydrogen-bond donors (Lipinski definition) is 0. The van der Waals surface area contributed by atoms with E-state index in [0.717, 1.165) is 5.01 Å². The van der Waals surface area contributed by atoms with Gasteiger partial charge < -0.3 is 4.74 Å². The summed E-state index contributed by atoms with van der Waals surface area (Å²) >= 11 is 1.48. The minimum Gasteiger partial charge on any atom is -0.460 e. The van der Waals surface area contributed by atoms with Crippen LogP contribution in [0.5, 0.6) is 0 Å². The highest BCUT2D eigenvalue weighted by atomic mass is 32.1. The van der Waals surface area contributed by atoms with Gasteiger partial charge in [-0.2, -0.15) is 0 Å². The van der Waals surface area contributed by atoms with Crippen LogP contribution in [0.2, 0.25) is 0 Å². The minimum atomic E-state index is -0.524. The molecule has 16 heavy (non-hydrogen) atoms. The maximum atomic E-state index is 11.5. The SMILES string of the molecule is CCOC(=O)c1nnnn1Cc1nccs1. The Bertz CT molecular complexity index is 466. The van der Waals surface area contributed by atoms with Gasteiger partial charge in [0.1, 0.15) is 5.01 Å². The van der Waals surface area contributed by atoms with Crippen molar-refractivity contribution in [3.63, 3.8) is 0 Å². The Hall–Kier alpha value is -1.83. The number of tetrazole rings is 1. The average molecular weight is 239 g/mol. The molecule has 2 heterocycles. The van der Waals surface area contributed by atoms with Gasteiger partial charge in [-0.1, -0.05) is 0 Å². The smallest absolute Gasteiger partial charge is 0.378 e. The molecule has 2 rings (SSSR count). The maximum Gasteiger partial charge on any atom is 0.378 e. The second kappa shape index (κ2) is 4.79. The molecular formula is C8H9N5O2S. The standard InChI is InChI=1S/C8H9N5O2S/c1-2-15-8(14)7-10-11-12-13(7)5-6-9-3-4-16-6/h3-4H,2,5H2,1H3. The van der Waals surface area contributed by atoms with Gasteiger partial charge in [0.2, 0.25) is 0 Å². The first-order valence-electron chi connectivity index (χ1n) is 4.63. The van der Waals surface area contributed by atoms with Crippen molar-refractivity contribution >= 4 is 17.3 Å². The number of ether oxygens (including phenoxy) is 1. The first-order valence-corrected chi connectivity index (χ1v) is 5.51. The summed E-state index contributed by atoms with van der Waals surface area (Å²) in [4.78, 5) is 15.5. The zero-order valence-electron chi connectivity index (χ0n) is 8.53. The average Bonchev–Trinajstić information content (AvgIpc) is 2.90. The van der Waals surface area contributed by atoms with Crippen molar-refractivity contribution in [1.82, 2.24) is 25.2 Å². The molecule has 0 bridgehead atoms. The van der Waals surface area contributed by atoms with Crippen molar-refractivity contribution < 1.29 is 9.53 Å². The predicted octanol–water partition coefficient (Wildman–Crippen LogP) is 0.355. The molecule has 0 unspecified atom stereocenters. The van der Waals surface area contributed by atoms with Crippen molar-refractivity contribution in [2.75, 3.05) is 6.61 Å². The summed E-state index contributed by atoms with van der Waals surface area (Å²) in [5, 5.41) is 13.5. The number of aromatic nitrogens is 5. The number of esters is 1. The number of carbonyl (C=O) groups excluding carboxylic acids is 1. The molecule has 0 atom stereocenters. The molecule has 0 spiro atoms. The van der Waals surface area contributed by atoms with Crippen LogP contribution in [-0.4, -0.2) is 37.8 Å². The van der Waals surface area contributed by atoms with Crippen LogP contribution in [0.3, 0.4) is 0 Å². The highest BCUT2D eigenvalue weighted by Crippen LogP contribution is 2.07. The van der Waals surface area contributed by atoms with Crippen LogP contribution < -0.4 is 0 Å². The second-order valence-electron chi connectivity index (χ2n) is 2.81. The largest absolute Gasteiger partial charge is 0.460 e. The van der Waals surface area contributed by atoms with Crippen molar-refractivity contribution in [2.24, 2.45) is 0 Å². The first kappa shape index (κ1) is 10.7. The second-order valence-corrected chi connectivity index (χ2v) is 3.79. The van der Waals surface area contributed by atoms with Crippen LogP contribution in [0.25, 0.3) is 0 Å². The zero-order chi connectivity index (χ0) is 11.4. The van der Waals surface area contributed by atoms with E-state index in [-0.39, 0.29) is 5.82 Å². The minimum absolute atomic E-state index is 0.0945. The van der Waals surface area contributed by atoms with Crippen LogP contribution in [0.4, 0.5) is 0 Å². The molecule has 2 aromatic heterocycles. The van der Waals surface area contributed by atoms with E-state index in [1.807, 2.05) is 5.38 Å². The monoisotopic (exact) mass is 239 g/mol. The quantitative estimate of drug-likeness (QED) is 0.716. The normalized spacial score (nSPS) is 10.3. The Morgan fingerprint density at radius 1 is 1.62 bits per heavy atom. The van der Waals surface area contributed by atoms with Crippen molar-refractivity contribution in [2.45, 2.75) is 13.5 Å². The Labute approximate surface area is 95.1 Å². The van der Waals surface area contributed by atoms with Crippen LogP contribution in [0.15, 0.2) is 11.6 Å².